The summed E-state index contributed by atoms with van der Waals surface area (Å²) in [5.74, 6) is 0.0495. The van der Waals surface area contributed by atoms with Crippen molar-refractivity contribution in [3.05, 3.63) is 108 Å². The van der Waals surface area contributed by atoms with E-state index in [1.54, 1.807) is 30.3 Å². The highest BCUT2D eigenvalue weighted by Gasteiger charge is 2.30. The topological polar surface area (TPSA) is 38.3 Å². The number of benzene rings is 4. The summed E-state index contributed by atoms with van der Waals surface area (Å²) in [5.41, 5.74) is 0.0948. The van der Waals surface area contributed by atoms with E-state index in [0.29, 0.717) is 11.3 Å². The first-order valence-electron chi connectivity index (χ1n) is 9.59. The van der Waals surface area contributed by atoms with Crippen molar-refractivity contribution in [1.29, 1.82) is 0 Å². The van der Waals surface area contributed by atoms with Crippen molar-refractivity contribution in [2.45, 2.75) is 12.3 Å². The van der Waals surface area contributed by atoms with E-state index in [9.17, 15) is 18.0 Å². The molecule has 0 aliphatic carbocycles. The molecule has 31 heavy (non-hydrogen) atoms. The maximum atomic E-state index is 13.1. The Labute approximate surface area is 177 Å². The molecule has 156 valence electrons. The molecular formula is C25H18F3NO2. The maximum absolute atomic E-state index is 13.1. The van der Waals surface area contributed by atoms with Gasteiger partial charge in [0, 0.05) is 16.6 Å². The van der Waals surface area contributed by atoms with Gasteiger partial charge in [-0.25, -0.2) is 0 Å². The zero-order valence-corrected chi connectivity index (χ0v) is 16.3. The first kappa shape index (κ1) is 20.5. The number of hydrogen-bond donors (Lipinski definition) is 1. The van der Waals surface area contributed by atoms with Crippen LogP contribution in [0, 0.1) is 0 Å². The fourth-order valence-electron chi connectivity index (χ4n) is 3.28. The third kappa shape index (κ3) is 4.69. The van der Waals surface area contributed by atoms with Crippen LogP contribution in [0.5, 0.6) is 5.75 Å². The molecule has 0 aliphatic rings. The lowest BCUT2D eigenvalue weighted by molar-refractivity contribution is -0.137. The van der Waals surface area contributed by atoms with Gasteiger partial charge in [-0.3, -0.25) is 4.79 Å². The molecule has 0 saturated carbocycles. The number of fused-ring (bicyclic) bond motifs is 1. The molecule has 0 spiro atoms. The summed E-state index contributed by atoms with van der Waals surface area (Å²) in [6, 6.07) is 26.5. The van der Waals surface area contributed by atoms with Crippen LogP contribution in [-0.2, 0) is 11.0 Å². The number of halogens is 3. The molecule has 0 aliphatic heterocycles. The van der Waals surface area contributed by atoms with Crippen LogP contribution in [0.1, 0.15) is 17.2 Å². The van der Waals surface area contributed by atoms with E-state index >= 15 is 0 Å². The van der Waals surface area contributed by atoms with Crippen molar-refractivity contribution in [1.82, 2.24) is 0 Å². The van der Waals surface area contributed by atoms with E-state index in [1.807, 2.05) is 42.5 Å². The van der Waals surface area contributed by atoms with Crippen molar-refractivity contribution in [2.24, 2.45) is 0 Å². The molecule has 4 aromatic carbocycles. The first-order chi connectivity index (χ1) is 14.9. The summed E-state index contributed by atoms with van der Waals surface area (Å²) in [6.45, 7) is 0. The Morgan fingerprint density at radius 1 is 0.774 bits per heavy atom. The summed E-state index contributed by atoms with van der Waals surface area (Å²) in [4.78, 5) is 13.1. The van der Waals surface area contributed by atoms with Gasteiger partial charge in [0.15, 0.2) is 0 Å². The zero-order valence-electron chi connectivity index (χ0n) is 16.3. The van der Waals surface area contributed by atoms with Gasteiger partial charge >= 0.3 is 6.18 Å². The van der Waals surface area contributed by atoms with Crippen LogP contribution in [0.25, 0.3) is 10.8 Å². The molecule has 0 fully saturated rings. The minimum absolute atomic E-state index is 0.250. The van der Waals surface area contributed by atoms with Gasteiger partial charge in [0.05, 0.1) is 5.56 Å². The highest BCUT2D eigenvalue weighted by molar-refractivity contribution is 5.96. The number of carbonyl (C=O) groups is 1. The third-order valence-corrected chi connectivity index (χ3v) is 4.81. The van der Waals surface area contributed by atoms with Crippen molar-refractivity contribution in [2.75, 3.05) is 5.32 Å². The van der Waals surface area contributed by atoms with Crippen LogP contribution in [0.15, 0.2) is 97.1 Å². The summed E-state index contributed by atoms with van der Waals surface area (Å²) in [7, 11) is 0. The molecule has 1 atom stereocenters. The quantitative estimate of drug-likeness (QED) is 0.393. The van der Waals surface area contributed by atoms with Gasteiger partial charge in [-0.05, 0) is 35.7 Å². The molecule has 0 saturated heterocycles. The highest BCUT2D eigenvalue weighted by atomic mass is 19.4. The third-order valence-electron chi connectivity index (χ3n) is 4.81. The lowest BCUT2D eigenvalue weighted by atomic mass is 10.1. The lowest BCUT2D eigenvalue weighted by Crippen LogP contribution is -2.25. The number of amides is 1. The molecule has 4 rings (SSSR count). The Hall–Kier alpha value is -3.80. The van der Waals surface area contributed by atoms with Gasteiger partial charge in [-0.15, -0.1) is 0 Å². The summed E-state index contributed by atoms with van der Waals surface area (Å²) >= 11 is 0. The minimum atomic E-state index is -4.44. The molecule has 1 amide bonds. The minimum Gasteiger partial charge on any atom is -0.475 e. The van der Waals surface area contributed by atoms with Gasteiger partial charge in [0.2, 0.25) is 6.10 Å². The molecule has 0 aromatic heterocycles. The second kappa shape index (κ2) is 8.52. The van der Waals surface area contributed by atoms with E-state index in [2.05, 4.69) is 5.32 Å². The SMILES string of the molecule is O=C(Nc1ccc(C(F)(F)F)cc1)C(Oc1cccc2ccccc12)c1ccccc1. The number of ether oxygens (including phenoxy) is 1. The van der Waals surface area contributed by atoms with Crippen LogP contribution in [0.3, 0.4) is 0 Å². The predicted octanol–water partition coefficient (Wildman–Crippen LogP) is 6.62. The van der Waals surface area contributed by atoms with Crippen LogP contribution < -0.4 is 10.1 Å². The van der Waals surface area contributed by atoms with Crippen LogP contribution in [0.2, 0.25) is 0 Å². The van der Waals surface area contributed by atoms with Crippen molar-refractivity contribution >= 4 is 22.4 Å². The molecule has 1 N–H and O–H groups in total. The Balaban J connectivity index is 1.63. The number of carbonyl (C=O) groups excluding carboxylic acids is 1. The van der Waals surface area contributed by atoms with Gasteiger partial charge in [-0.1, -0.05) is 66.7 Å². The Morgan fingerprint density at radius 2 is 1.42 bits per heavy atom. The van der Waals surface area contributed by atoms with Crippen LogP contribution in [-0.4, -0.2) is 5.91 Å². The smallest absolute Gasteiger partial charge is 0.416 e. The van der Waals surface area contributed by atoms with Crippen LogP contribution in [0.4, 0.5) is 18.9 Å². The molecule has 0 heterocycles. The number of anilines is 1. The standard InChI is InChI=1S/C25H18F3NO2/c26-25(27,28)19-13-15-20(16-14-19)29-24(30)23(18-8-2-1-3-9-18)31-22-12-6-10-17-7-4-5-11-21(17)22/h1-16,23H,(H,29,30). The molecule has 0 radical (unpaired) electrons. The average molecular weight is 421 g/mol. The molecule has 0 bridgehead atoms. The van der Waals surface area contributed by atoms with Crippen molar-refractivity contribution < 1.29 is 22.7 Å². The number of hydrogen-bond acceptors (Lipinski definition) is 2. The summed E-state index contributed by atoms with van der Waals surface area (Å²) in [5, 5.41) is 4.48. The predicted molar refractivity (Wildman–Crippen MR) is 114 cm³/mol. The number of nitrogens with one attached hydrogen (secondary N) is 1. The van der Waals surface area contributed by atoms with E-state index in [-0.39, 0.29) is 5.69 Å². The zero-order chi connectivity index (χ0) is 21.8. The van der Waals surface area contributed by atoms with Crippen LogP contribution >= 0.6 is 0 Å². The largest absolute Gasteiger partial charge is 0.475 e. The van der Waals surface area contributed by atoms with Gasteiger partial charge < -0.3 is 10.1 Å². The summed E-state index contributed by atoms with van der Waals surface area (Å²) in [6.07, 6.45) is -5.43. The highest BCUT2D eigenvalue weighted by Crippen LogP contribution is 2.32. The number of rotatable bonds is 5. The van der Waals surface area contributed by atoms with E-state index in [4.69, 9.17) is 4.74 Å². The van der Waals surface area contributed by atoms with E-state index < -0.39 is 23.8 Å². The summed E-state index contributed by atoms with van der Waals surface area (Å²) < 4.78 is 44.5. The van der Waals surface area contributed by atoms with Gasteiger partial charge in [0.1, 0.15) is 5.75 Å². The second-order valence-electron chi connectivity index (χ2n) is 6.95. The van der Waals surface area contributed by atoms with Gasteiger partial charge in [0.25, 0.3) is 5.91 Å². The maximum Gasteiger partial charge on any atom is 0.416 e. The fraction of sp³-hybridized carbons (Fsp3) is 0.0800. The Kier molecular flexibility index (Phi) is 5.62. The van der Waals surface area contributed by atoms with E-state index in [1.165, 1.54) is 12.1 Å². The molecule has 4 aromatic rings. The van der Waals surface area contributed by atoms with Gasteiger partial charge in [-0.2, -0.15) is 13.2 Å². The molecular weight excluding hydrogens is 403 g/mol. The number of alkyl halides is 3. The average Bonchev–Trinajstić information content (AvgIpc) is 2.78. The van der Waals surface area contributed by atoms with Crippen molar-refractivity contribution in [3.63, 3.8) is 0 Å². The normalized spacial score (nSPS) is 12.4. The molecule has 6 heteroatoms. The Morgan fingerprint density at radius 3 is 2.13 bits per heavy atom. The molecule has 1 unspecified atom stereocenters. The van der Waals surface area contributed by atoms with Crippen molar-refractivity contribution in [3.8, 4) is 5.75 Å². The Bertz CT molecular complexity index is 1180. The second-order valence-corrected chi connectivity index (χ2v) is 6.95. The van der Waals surface area contributed by atoms with E-state index in [0.717, 1.165) is 22.9 Å². The molecule has 3 nitrogen and oxygen atoms in total. The fourth-order valence-corrected chi connectivity index (χ4v) is 3.28. The monoisotopic (exact) mass is 421 g/mol. The first-order valence-corrected chi connectivity index (χ1v) is 9.59. The lowest BCUT2D eigenvalue weighted by Gasteiger charge is -2.20.